The summed E-state index contributed by atoms with van der Waals surface area (Å²) in [6, 6.07) is 0. The molecule has 6 heteroatoms. The lowest BCUT2D eigenvalue weighted by atomic mass is 10.0. The molecule has 0 heterocycles. The quantitative estimate of drug-likeness (QED) is 0.280. The molecule has 0 saturated heterocycles. The van der Waals surface area contributed by atoms with E-state index >= 15 is 0 Å². The SMILES string of the molecule is CCCC(C)CCOCCOCCOCCOCCOCC(=O)C(C)CC. The topological polar surface area (TPSA) is 63.2 Å². The van der Waals surface area contributed by atoms with Gasteiger partial charge in [-0.15, -0.1) is 0 Å². The molecule has 0 amide bonds. The molecule has 6 nitrogen and oxygen atoms in total. The lowest BCUT2D eigenvalue weighted by Gasteiger charge is -2.10. The number of ketones is 1. The second kappa shape index (κ2) is 20.2. The molecular formula is C21H42O6. The van der Waals surface area contributed by atoms with Gasteiger partial charge in [0.15, 0.2) is 5.78 Å². The van der Waals surface area contributed by atoms with E-state index in [-0.39, 0.29) is 18.3 Å². The van der Waals surface area contributed by atoms with Crippen LogP contribution in [0.15, 0.2) is 0 Å². The second-order valence-electron chi connectivity index (χ2n) is 6.96. The van der Waals surface area contributed by atoms with E-state index in [2.05, 4.69) is 13.8 Å². The van der Waals surface area contributed by atoms with Crippen LogP contribution in [0.1, 0.15) is 53.4 Å². The van der Waals surface area contributed by atoms with Crippen LogP contribution in [0.4, 0.5) is 0 Å². The minimum absolute atomic E-state index is 0.0718. The predicted octanol–water partition coefficient (Wildman–Crippen LogP) is 3.51. The van der Waals surface area contributed by atoms with Crippen LogP contribution < -0.4 is 0 Å². The van der Waals surface area contributed by atoms with E-state index in [0.29, 0.717) is 52.9 Å². The number of carbonyl (C=O) groups excluding carboxylic acids is 1. The van der Waals surface area contributed by atoms with E-state index in [1.807, 2.05) is 13.8 Å². The van der Waals surface area contributed by atoms with Gasteiger partial charge in [0.1, 0.15) is 6.61 Å². The molecule has 0 rings (SSSR count). The molecular weight excluding hydrogens is 348 g/mol. The molecule has 0 bridgehead atoms. The van der Waals surface area contributed by atoms with Gasteiger partial charge >= 0.3 is 0 Å². The van der Waals surface area contributed by atoms with Crippen molar-refractivity contribution in [1.82, 2.24) is 0 Å². The van der Waals surface area contributed by atoms with Crippen LogP contribution in [0, 0.1) is 11.8 Å². The second-order valence-corrected chi connectivity index (χ2v) is 6.96. The number of rotatable bonds is 21. The molecule has 2 atom stereocenters. The summed E-state index contributed by atoms with van der Waals surface area (Å²) in [6.07, 6.45) is 4.48. The molecule has 0 aromatic heterocycles. The Hall–Kier alpha value is -0.530. The van der Waals surface area contributed by atoms with Crippen molar-refractivity contribution in [2.24, 2.45) is 11.8 Å². The smallest absolute Gasteiger partial charge is 0.161 e. The molecule has 0 saturated carbocycles. The fraction of sp³-hybridized carbons (Fsp3) is 0.952. The van der Waals surface area contributed by atoms with E-state index < -0.39 is 0 Å². The first kappa shape index (κ1) is 26.5. The van der Waals surface area contributed by atoms with Gasteiger partial charge in [-0.2, -0.15) is 0 Å². The van der Waals surface area contributed by atoms with Gasteiger partial charge in [0, 0.05) is 12.5 Å². The summed E-state index contributed by atoms with van der Waals surface area (Å²) < 4.78 is 27.1. The first-order valence-electron chi connectivity index (χ1n) is 10.5. The van der Waals surface area contributed by atoms with E-state index in [1.54, 1.807) is 0 Å². The third-order valence-corrected chi connectivity index (χ3v) is 4.43. The van der Waals surface area contributed by atoms with Crippen molar-refractivity contribution in [2.45, 2.75) is 53.4 Å². The highest BCUT2D eigenvalue weighted by Gasteiger charge is 2.09. The number of carbonyl (C=O) groups is 1. The lowest BCUT2D eigenvalue weighted by Crippen LogP contribution is -2.19. The molecule has 0 fully saturated rings. The zero-order valence-corrected chi connectivity index (χ0v) is 18.0. The van der Waals surface area contributed by atoms with Gasteiger partial charge in [0.2, 0.25) is 0 Å². The third kappa shape index (κ3) is 18.6. The van der Waals surface area contributed by atoms with Crippen LogP contribution in [0.5, 0.6) is 0 Å². The molecule has 0 aliphatic rings. The van der Waals surface area contributed by atoms with Crippen molar-refractivity contribution in [1.29, 1.82) is 0 Å². The first-order chi connectivity index (χ1) is 13.1. The van der Waals surface area contributed by atoms with Gasteiger partial charge in [-0.3, -0.25) is 4.79 Å². The van der Waals surface area contributed by atoms with Gasteiger partial charge in [-0.1, -0.05) is 40.5 Å². The van der Waals surface area contributed by atoms with Crippen molar-refractivity contribution >= 4 is 5.78 Å². The molecule has 0 aromatic carbocycles. The molecule has 2 unspecified atom stereocenters. The predicted molar refractivity (Wildman–Crippen MR) is 107 cm³/mol. The van der Waals surface area contributed by atoms with Crippen molar-refractivity contribution in [3.8, 4) is 0 Å². The van der Waals surface area contributed by atoms with E-state index in [1.165, 1.54) is 12.8 Å². The molecule has 0 aromatic rings. The Balaban J connectivity index is 3.14. The zero-order valence-electron chi connectivity index (χ0n) is 18.0. The molecule has 0 aliphatic heterocycles. The molecule has 0 N–H and O–H groups in total. The molecule has 0 radical (unpaired) electrons. The summed E-state index contributed by atoms with van der Waals surface area (Å²) >= 11 is 0. The molecule has 0 spiro atoms. The van der Waals surface area contributed by atoms with Crippen LogP contribution in [-0.2, 0) is 28.5 Å². The average Bonchev–Trinajstić information content (AvgIpc) is 2.66. The first-order valence-corrected chi connectivity index (χ1v) is 10.5. The summed E-state index contributed by atoms with van der Waals surface area (Å²) in [6.45, 7) is 13.7. The van der Waals surface area contributed by atoms with Gasteiger partial charge in [0.05, 0.1) is 52.9 Å². The van der Waals surface area contributed by atoms with Gasteiger partial charge in [-0.05, 0) is 18.8 Å². The normalized spacial score (nSPS) is 13.6. The summed E-state index contributed by atoms with van der Waals surface area (Å²) in [5.41, 5.74) is 0. The number of hydrogen-bond acceptors (Lipinski definition) is 6. The Labute approximate surface area is 166 Å². The number of ether oxygens (including phenoxy) is 5. The summed E-state index contributed by atoms with van der Waals surface area (Å²) in [4.78, 5) is 11.6. The minimum Gasteiger partial charge on any atom is -0.379 e. The van der Waals surface area contributed by atoms with E-state index in [4.69, 9.17) is 23.7 Å². The van der Waals surface area contributed by atoms with Crippen molar-refractivity contribution in [3.05, 3.63) is 0 Å². The lowest BCUT2D eigenvalue weighted by molar-refractivity contribution is -0.127. The Bertz CT molecular complexity index is 324. The average molecular weight is 391 g/mol. The van der Waals surface area contributed by atoms with Crippen molar-refractivity contribution in [3.63, 3.8) is 0 Å². The fourth-order valence-corrected chi connectivity index (χ4v) is 2.34. The molecule has 0 aliphatic carbocycles. The highest BCUT2D eigenvalue weighted by molar-refractivity contribution is 5.81. The summed E-state index contributed by atoms with van der Waals surface area (Å²) in [5.74, 6) is 0.963. The molecule has 27 heavy (non-hydrogen) atoms. The maximum atomic E-state index is 11.6. The largest absolute Gasteiger partial charge is 0.379 e. The van der Waals surface area contributed by atoms with Gasteiger partial charge < -0.3 is 23.7 Å². The minimum atomic E-state index is 0.0718. The number of hydrogen-bond donors (Lipinski definition) is 0. The summed E-state index contributed by atoms with van der Waals surface area (Å²) in [5, 5.41) is 0. The Morgan fingerprint density at radius 3 is 1.56 bits per heavy atom. The highest BCUT2D eigenvalue weighted by atomic mass is 16.6. The maximum Gasteiger partial charge on any atom is 0.161 e. The standard InChI is InChI=1S/C21H42O6/c1-5-7-19(3)8-9-23-10-11-24-12-13-25-14-15-26-16-17-27-18-21(22)20(4)6-2/h19-20H,5-18H2,1-4H3. The van der Waals surface area contributed by atoms with Crippen molar-refractivity contribution in [2.75, 3.05) is 66.1 Å². The van der Waals surface area contributed by atoms with Crippen molar-refractivity contribution < 1.29 is 28.5 Å². The van der Waals surface area contributed by atoms with Gasteiger partial charge in [-0.25, -0.2) is 0 Å². The third-order valence-electron chi connectivity index (χ3n) is 4.43. The number of Topliss-reactive ketones (excluding diaryl/α,β-unsaturated/α-hetero) is 1. The maximum absolute atomic E-state index is 11.6. The van der Waals surface area contributed by atoms with E-state index in [0.717, 1.165) is 25.4 Å². The Kier molecular flexibility index (Phi) is 19.8. The van der Waals surface area contributed by atoms with Crippen LogP contribution in [0.25, 0.3) is 0 Å². The van der Waals surface area contributed by atoms with Crippen LogP contribution in [0.2, 0.25) is 0 Å². The zero-order chi connectivity index (χ0) is 20.2. The van der Waals surface area contributed by atoms with Crippen LogP contribution in [0.3, 0.4) is 0 Å². The Morgan fingerprint density at radius 2 is 1.11 bits per heavy atom. The highest BCUT2D eigenvalue weighted by Crippen LogP contribution is 2.09. The van der Waals surface area contributed by atoms with Crippen LogP contribution in [-0.4, -0.2) is 71.9 Å². The van der Waals surface area contributed by atoms with Gasteiger partial charge in [0.25, 0.3) is 0 Å². The summed E-state index contributed by atoms with van der Waals surface area (Å²) in [7, 11) is 0. The Morgan fingerprint density at radius 1 is 0.667 bits per heavy atom. The monoisotopic (exact) mass is 390 g/mol. The van der Waals surface area contributed by atoms with E-state index in [9.17, 15) is 4.79 Å². The fourth-order valence-electron chi connectivity index (χ4n) is 2.34. The van der Waals surface area contributed by atoms with Crippen LogP contribution >= 0.6 is 0 Å². The molecule has 162 valence electrons.